The number of aliphatic carboxylic acids is 1. The van der Waals surface area contributed by atoms with Crippen molar-refractivity contribution in [2.24, 2.45) is 0 Å². The minimum atomic E-state index is -1.06. The molecule has 0 saturated carbocycles. The van der Waals surface area contributed by atoms with Gasteiger partial charge in [-0.25, -0.2) is 10.2 Å². The zero-order valence-corrected chi connectivity index (χ0v) is 15.5. The molecular weight excluding hydrogens is 372 g/mol. The number of carbonyl (C=O) groups excluding carboxylic acids is 3. The molecule has 0 aliphatic carbocycles. The number of carboxylic acid groups (broad SMARTS) is 1. The van der Waals surface area contributed by atoms with Crippen LogP contribution in [0, 0.1) is 0 Å². The Morgan fingerprint density at radius 2 is 1.96 bits per heavy atom. The first-order valence-corrected chi connectivity index (χ1v) is 9.18. The average Bonchev–Trinajstić information content (AvgIpc) is 2.89. The molecule has 144 valence electrons. The van der Waals surface area contributed by atoms with Gasteiger partial charge in [-0.1, -0.05) is 30.3 Å². The Morgan fingerprint density at radius 3 is 2.56 bits per heavy atom. The lowest BCUT2D eigenvalue weighted by Crippen LogP contribution is -2.71. The van der Waals surface area contributed by atoms with Crippen LogP contribution in [0.5, 0.6) is 0 Å². The number of benzene rings is 1. The molecule has 1 aromatic carbocycles. The smallest absolute Gasteiger partial charge is 0.327 e. The highest BCUT2D eigenvalue weighted by Crippen LogP contribution is 2.50. The van der Waals surface area contributed by atoms with E-state index in [1.807, 2.05) is 0 Å². The topological polar surface area (TPSA) is 128 Å². The number of nitrogens with one attached hydrogen (secondary N) is 3. The lowest BCUT2D eigenvalue weighted by Gasteiger charge is -2.44. The fourth-order valence-electron chi connectivity index (χ4n) is 3.45. The van der Waals surface area contributed by atoms with E-state index in [-0.39, 0.29) is 0 Å². The minimum Gasteiger partial charge on any atom is -0.480 e. The second-order valence-electron chi connectivity index (χ2n) is 6.83. The van der Waals surface area contributed by atoms with Gasteiger partial charge in [-0.3, -0.25) is 19.8 Å². The summed E-state index contributed by atoms with van der Waals surface area (Å²) in [5, 5.41) is 11.7. The van der Waals surface area contributed by atoms with Gasteiger partial charge in [0.05, 0.1) is 0 Å². The van der Waals surface area contributed by atoms with Gasteiger partial charge in [0.15, 0.2) is 0 Å². The van der Waals surface area contributed by atoms with Gasteiger partial charge in [0.1, 0.15) is 23.5 Å². The van der Waals surface area contributed by atoms with E-state index >= 15 is 0 Å². The molecule has 2 saturated heterocycles. The highest BCUT2D eigenvalue weighted by Gasteiger charge is 2.64. The normalized spacial score (nSPS) is 26.5. The third kappa shape index (κ3) is 3.37. The van der Waals surface area contributed by atoms with Crippen molar-refractivity contribution in [1.29, 1.82) is 0 Å². The number of hydrogen-bond donors (Lipinski definition) is 4. The van der Waals surface area contributed by atoms with Crippen LogP contribution in [0.15, 0.2) is 30.3 Å². The van der Waals surface area contributed by atoms with Gasteiger partial charge in [-0.15, -0.1) is 11.8 Å². The van der Waals surface area contributed by atoms with Crippen LogP contribution < -0.4 is 16.2 Å². The number of carboxylic acids is 1. The molecule has 1 aromatic rings. The first-order chi connectivity index (χ1) is 12.8. The van der Waals surface area contributed by atoms with Gasteiger partial charge in [-0.05, 0) is 19.4 Å². The third-order valence-electron chi connectivity index (χ3n) is 4.65. The average molecular weight is 392 g/mol. The summed E-state index contributed by atoms with van der Waals surface area (Å²) in [6.45, 7) is 3.53. The highest BCUT2D eigenvalue weighted by atomic mass is 32.2. The van der Waals surface area contributed by atoms with Crippen LogP contribution in [-0.2, 0) is 19.2 Å². The molecule has 2 heterocycles. The Bertz CT molecular complexity index is 772. The molecule has 2 fully saturated rings. The van der Waals surface area contributed by atoms with Crippen molar-refractivity contribution in [3.05, 3.63) is 35.9 Å². The van der Waals surface area contributed by atoms with Crippen LogP contribution in [0.1, 0.15) is 25.5 Å². The SMILES string of the molecule is CC1(C)S[C@@H]2[C@@H](NC(=O)C(NNC=O)c3ccccc3)C(=O)N2[C@H]1C(=O)O. The Kier molecular flexibility index (Phi) is 5.11. The maximum absolute atomic E-state index is 12.7. The molecule has 10 heteroatoms. The summed E-state index contributed by atoms with van der Waals surface area (Å²) in [7, 11) is 0. The van der Waals surface area contributed by atoms with Crippen molar-refractivity contribution in [2.45, 2.75) is 42.1 Å². The number of carbonyl (C=O) groups is 4. The van der Waals surface area contributed by atoms with Crippen molar-refractivity contribution >= 4 is 36.0 Å². The molecule has 2 aliphatic rings. The van der Waals surface area contributed by atoms with Crippen LogP contribution >= 0.6 is 11.8 Å². The molecule has 2 aliphatic heterocycles. The summed E-state index contributed by atoms with van der Waals surface area (Å²) >= 11 is 1.35. The van der Waals surface area contributed by atoms with Crippen LogP contribution in [0.2, 0.25) is 0 Å². The maximum atomic E-state index is 12.7. The Balaban J connectivity index is 1.75. The number of amides is 3. The molecule has 0 aromatic heterocycles. The fourth-order valence-corrected chi connectivity index (χ4v) is 5.07. The monoisotopic (exact) mass is 392 g/mol. The number of thioether (sulfide) groups is 1. The van der Waals surface area contributed by atoms with E-state index in [1.165, 1.54) is 16.7 Å². The molecule has 9 nitrogen and oxygen atoms in total. The number of hydrogen-bond acceptors (Lipinski definition) is 6. The molecule has 0 radical (unpaired) electrons. The quantitative estimate of drug-likeness (QED) is 0.283. The third-order valence-corrected chi connectivity index (χ3v) is 6.23. The molecule has 4 N–H and O–H groups in total. The van der Waals surface area contributed by atoms with Gasteiger partial charge >= 0.3 is 5.97 Å². The highest BCUT2D eigenvalue weighted by molar-refractivity contribution is 8.01. The van der Waals surface area contributed by atoms with E-state index in [9.17, 15) is 24.3 Å². The van der Waals surface area contributed by atoms with Gasteiger partial charge in [0, 0.05) is 4.75 Å². The second-order valence-corrected chi connectivity index (χ2v) is 8.61. The summed E-state index contributed by atoms with van der Waals surface area (Å²) in [5.74, 6) is -1.98. The van der Waals surface area contributed by atoms with E-state index in [0.717, 1.165) is 0 Å². The second kappa shape index (κ2) is 7.20. The van der Waals surface area contributed by atoms with Crippen molar-refractivity contribution < 1.29 is 24.3 Å². The first kappa shape index (κ1) is 19.2. The fraction of sp³-hybridized carbons (Fsp3) is 0.412. The van der Waals surface area contributed by atoms with Gasteiger partial charge in [-0.2, -0.15) is 0 Å². The standard InChI is InChI=1S/C17H20N4O5S/c1-17(2)12(16(25)26)21-14(24)11(15(21)27-17)19-13(23)10(20-18-8-22)9-6-4-3-5-7-9/h3-8,10-12,15,20H,1-2H3,(H,18,22)(H,19,23)(H,25,26)/t10?,11-,12-,15+/m0/s1. The summed E-state index contributed by atoms with van der Waals surface area (Å²) in [5.41, 5.74) is 5.47. The molecule has 3 rings (SSSR count). The number of fused-ring (bicyclic) bond motifs is 1. The van der Waals surface area contributed by atoms with Gasteiger partial charge in [0.2, 0.25) is 18.2 Å². The summed E-state index contributed by atoms with van der Waals surface area (Å²) in [6.07, 6.45) is 0.409. The van der Waals surface area contributed by atoms with E-state index in [0.29, 0.717) is 12.0 Å². The van der Waals surface area contributed by atoms with E-state index in [2.05, 4.69) is 16.2 Å². The van der Waals surface area contributed by atoms with Gasteiger partial charge in [0.25, 0.3) is 0 Å². The Hall–Kier alpha value is -2.59. The zero-order chi connectivity index (χ0) is 19.8. The van der Waals surface area contributed by atoms with Crippen LogP contribution in [0.3, 0.4) is 0 Å². The Morgan fingerprint density at radius 1 is 1.30 bits per heavy atom. The summed E-state index contributed by atoms with van der Waals surface area (Å²) in [6, 6.07) is 6.08. The van der Waals surface area contributed by atoms with Crippen molar-refractivity contribution in [3.8, 4) is 0 Å². The summed E-state index contributed by atoms with van der Waals surface area (Å²) < 4.78 is -0.665. The largest absolute Gasteiger partial charge is 0.480 e. The maximum Gasteiger partial charge on any atom is 0.327 e. The molecule has 4 atom stereocenters. The lowest BCUT2D eigenvalue weighted by atomic mass is 9.95. The summed E-state index contributed by atoms with van der Waals surface area (Å²) in [4.78, 5) is 48.7. The van der Waals surface area contributed by atoms with Crippen LogP contribution in [0.4, 0.5) is 0 Å². The first-order valence-electron chi connectivity index (χ1n) is 8.30. The predicted molar refractivity (Wildman–Crippen MR) is 97.2 cm³/mol. The van der Waals surface area contributed by atoms with Crippen LogP contribution in [0.25, 0.3) is 0 Å². The molecular formula is C17H20N4O5S. The van der Waals surface area contributed by atoms with E-state index in [1.54, 1.807) is 44.2 Å². The van der Waals surface area contributed by atoms with E-state index < -0.39 is 46.0 Å². The molecule has 0 spiro atoms. The van der Waals surface area contributed by atoms with Crippen molar-refractivity contribution in [2.75, 3.05) is 0 Å². The molecule has 0 bridgehead atoms. The van der Waals surface area contributed by atoms with Gasteiger partial charge < -0.3 is 15.3 Å². The predicted octanol–water partition coefficient (Wildman–Crippen LogP) is -0.390. The van der Waals surface area contributed by atoms with Crippen molar-refractivity contribution in [1.82, 2.24) is 21.1 Å². The molecule has 1 unspecified atom stereocenters. The lowest BCUT2D eigenvalue weighted by molar-refractivity contribution is -0.161. The van der Waals surface area contributed by atoms with Crippen LogP contribution in [-0.4, -0.2) is 56.4 Å². The minimum absolute atomic E-state index is 0.409. The van der Waals surface area contributed by atoms with E-state index in [4.69, 9.17) is 0 Å². The number of hydrazine groups is 1. The number of rotatable bonds is 7. The Labute approximate surface area is 159 Å². The van der Waals surface area contributed by atoms with Crippen molar-refractivity contribution in [3.63, 3.8) is 0 Å². The number of β-lactam (4-membered cyclic amide) rings is 1. The molecule has 3 amide bonds. The zero-order valence-electron chi connectivity index (χ0n) is 14.7. The number of nitrogens with zero attached hydrogens (tertiary/aromatic N) is 1. The molecule has 27 heavy (non-hydrogen) atoms.